The van der Waals surface area contributed by atoms with E-state index in [1.807, 2.05) is 0 Å². The van der Waals surface area contributed by atoms with Crippen LogP contribution in [0, 0.1) is 17.8 Å². The predicted molar refractivity (Wildman–Crippen MR) is 74.2 cm³/mol. The summed E-state index contributed by atoms with van der Waals surface area (Å²) >= 11 is 0. The van der Waals surface area contributed by atoms with Gasteiger partial charge in [0, 0.05) is 12.5 Å². The van der Waals surface area contributed by atoms with Crippen LogP contribution < -0.4 is 5.32 Å². The van der Waals surface area contributed by atoms with Gasteiger partial charge in [-0.1, -0.05) is 46.5 Å². The number of aliphatic hydroxyl groups is 1. The zero-order valence-corrected chi connectivity index (χ0v) is 12.1. The molecule has 0 radical (unpaired) electrons. The van der Waals surface area contributed by atoms with Crippen LogP contribution in [-0.2, 0) is 4.79 Å². The average Bonchev–Trinajstić information content (AvgIpc) is 2.37. The fraction of sp³-hybridized carbons (Fsp3) is 0.933. The molecule has 0 aromatic rings. The molecular formula is C15H29NO2. The van der Waals surface area contributed by atoms with Crippen LogP contribution in [0.3, 0.4) is 0 Å². The van der Waals surface area contributed by atoms with Crippen LogP contribution in [0.1, 0.15) is 59.3 Å². The summed E-state index contributed by atoms with van der Waals surface area (Å²) in [7, 11) is 0. The van der Waals surface area contributed by atoms with E-state index in [0.717, 1.165) is 32.1 Å². The maximum absolute atomic E-state index is 12.0. The van der Waals surface area contributed by atoms with Crippen molar-refractivity contribution < 1.29 is 9.90 Å². The zero-order valence-electron chi connectivity index (χ0n) is 12.1. The Kier molecular flexibility index (Phi) is 6.69. The van der Waals surface area contributed by atoms with Crippen molar-refractivity contribution in [2.75, 3.05) is 6.54 Å². The van der Waals surface area contributed by atoms with Gasteiger partial charge in [0.25, 0.3) is 0 Å². The van der Waals surface area contributed by atoms with Gasteiger partial charge in [-0.25, -0.2) is 0 Å². The molecule has 0 saturated heterocycles. The predicted octanol–water partition coefficient (Wildman–Crippen LogP) is 2.73. The Bertz CT molecular complexity index is 251. The fourth-order valence-electron chi connectivity index (χ4n) is 3.02. The summed E-state index contributed by atoms with van der Waals surface area (Å²) in [5.41, 5.74) is 0. The number of carbonyl (C=O) groups is 1. The van der Waals surface area contributed by atoms with E-state index >= 15 is 0 Å². The molecule has 3 nitrogen and oxygen atoms in total. The molecule has 0 heterocycles. The number of rotatable bonds is 6. The minimum absolute atomic E-state index is 0.145. The first-order chi connectivity index (χ1) is 8.58. The van der Waals surface area contributed by atoms with Gasteiger partial charge in [0.2, 0.25) is 5.91 Å². The summed E-state index contributed by atoms with van der Waals surface area (Å²) in [6.45, 7) is 6.80. The summed E-state index contributed by atoms with van der Waals surface area (Å²) in [6.07, 6.45) is 5.96. The Morgan fingerprint density at radius 1 is 1.33 bits per heavy atom. The molecule has 3 unspecified atom stereocenters. The zero-order chi connectivity index (χ0) is 13.5. The molecule has 1 saturated carbocycles. The van der Waals surface area contributed by atoms with E-state index in [1.165, 1.54) is 6.42 Å². The molecule has 106 valence electrons. The molecule has 3 atom stereocenters. The first-order valence-corrected chi connectivity index (χ1v) is 7.54. The van der Waals surface area contributed by atoms with Crippen LogP contribution in [0.4, 0.5) is 0 Å². The summed E-state index contributed by atoms with van der Waals surface area (Å²) < 4.78 is 0. The highest BCUT2D eigenvalue weighted by Gasteiger charge is 2.25. The van der Waals surface area contributed by atoms with Gasteiger partial charge in [-0.05, 0) is 24.7 Å². The molecule has 0 bridgehead atoms. The lowest BCUT2D eigenvalue weighted by atomic mass is 9.82. The van der Waals surface area contributed by atoms with Gasteiger partial charge in [-0.3, -0.25) is 4.79 Å². The third kappa shape index (κ3) is 4.60. The SMILES string of the molecule is CCC(CC)C(O)CNC(=O)C1CCCC(C)C1. The van der Waals surface area contributed by atoms with Crippen LogP contribution in [0.5, 0.6) is 0 Å². The van der Waals surface area contributed by atoms with Crippen LogP contribution in [-0.4, -0.2) is 23.7 Å². The molecule has 1 aliphatic rings. The maximum Gasteiger partial charge on any atom is 0.223 e. The second kappa shape index (κ2) is 7.78. The van der Waals surface area contributed by atoms with Crippen molar-refractivity contribution >= 4 is 5.91 Å². The smallest absolute Gasteiger partial charge is 0.223 e. The van der Waals surface area contributed by atoms with Gasteiger partial charge in [0.15, 0.2) is 0 Å². The summed E-state index contributed by atoms with van der Waals surface area (Å²) in [4.78, 5) is 12.0. The first kappa shape index (κ1) is 15.5. The summed E-state index contributed by atoms with van der Waals surface area (Å²) in [6, 6.07) is 0. The van der Waals surface area contributed by atoms with Gasteiger partial charge in [-0.15, -0.1) is 0 Å². The van der Waals surface area contributed by atoms with Crippen LogP contribution in [0.25, 0.3) is 0 Å². The largest absolute Gasteiger partial charge is 0.391 e. The molecule has 1 aliphatic carbocycles. The second-order valence-electron chi connectivity index (χ2n) is 5.86. The van der Waals surface area contributed by atoms with Crippen LogP contribution in [0.15, 0.2) is 0 Å². The lowest BCUT2D eigenvalue weighted by Crippen LogP contribution is -2.40. The minimum atomic E-state index is -0.398. The van der Waals surface area contributed by atoms with E-state index in [2.05, 4.69) is 26.1 Å². The van der Waals surface area contributed by atoms with E-state index in [4.69, 9.17) is 0 Å². The van der Waals surface area contributed by atoms with Crippen molar-refractivity contribution in [2.24, 2.45) is 17.8 Å². The van der Waals surface area contributed by atoms with Gasteiger partial charge < -0.3 is 10.4 Å². The molecule has 18 heavy (non-hydrogen) atoms. The highest BCUT2D eigenvalue weighted by molar-refractivity contribution is 5.78. The second-order valence-corrected chi connectivity index (χ2v) is 5.86. The molecular weight excluding hydrogens is 226 g/mol. The minimum Gasteiger partial charge on any atom is -0.391 e. The Balaban J connectivity index is 2.31. The third-order valence-corrected chi connectivity index (χ3v) is 4.39. The molecule has 2 N–H and O–H groups in total. The Labute approximate surface area is 111 Å². The number of nitrogens with one attached hydrogen (secondary N) is 1. The molecule has 0 spiro atoms. The average molecular weight is 255 g/mol. The molecule has 0 aliphatic heterocycles. The number of hydrogen-bond acceptors (Lipinski definition) is 2. The molecule has 1 amide bonds. The topological polar surface area (TPSA) is 49.3 Å². The Morgan fingerprint density at radius 3 is 2.56 bits per heavy atom. The number of aliphatic hydroxyl groups excluding tert-OH is 1. The van der Waals surface area contributed by atoms with Gasteiger partial charge in [0.1, 0.15) is 0 Å². The van der Waals surface area contributed by atoms with Gasteiger partial charge in [-0.2, -0.15) is 0 Å². The van der Waals surface area contributed by atoms with Crippen molar-refractivity contribution in [3.63, 3.8) is 0 Å². The van der Waals surface area contributed by atoms with E-state index in [0.29, 0.717) is 18.4 Å². The van der Waals surface area contributed by atoms with Crippen molar-refractivity contribution in [3.8, 4) is 0 Å². The van der Waals surface area contributed by atoms with E-state index in [-0.39, 0.29) is 11.8 Å². The summed E-state index contributed by atoms with van der Waals surface area (Å²) in [5.74, 6) is 1.28. The maximum atomic E-state index is 12.0. The normalized spacial score (nSPS) is 26.1. The molecule has 0 aromatic carbocycles. The fourth-order valence-corrected chi connectivity index (χ4v) is 3.02. The molecule has 1 fully saturated rings. The van der Waals surface area contributed by atoms with Crippen LogP contribution in [0.2, 0.25) is 0 Å². The molecule has 3 heteroatoms. The lowest BCUT2D eigenvalue weighted by molar-refractivity contribution is -0.127. The molecule has 0 aromatic heterocycles. The van der Waals surface area contributed by atoms with Crippen molar-refractivity contribution in [3.05, 3.63) is 0 Å². The Hall–Kier alpha value is -0.570. The van der Waals surface area contributed by atoms with E-state index < -0.39 is 6.10 Å². The standard InChI is InChI=1S/C15H29NO2/c1-4-12(5-2)14(17)10-16-15(18)13-8-6-7-11(3)9-13/h11-14,17H,4-10H2,1-3H3,(H,16,18). The van der Waals surface area contributed by atoms with Gasteiger partial charge >= 0.3 is 0 Å². The van der Waals surface area contributed by atoms with Crippen molar-refractivity contribution in [1.29, 1.82) is 0 Å². The van der Waals surface area contributed by atoms with Crippen molar-refractivity contribution in [1.82, 2.24) is 5.32 Å². The highest BCUT2D eigenvalue weighted by atomic mass is 16.3. The first-order valence-electron chi connectivity index (χ1n) is 7.54. The number of amides is 1. The number of carbonyl (C=O) groups excluding carboxylic acids is 1. The highest BCUT2D eigenvalue weighted by Crippen LogP contribution is 2.28. The third-order valence-electron chi connectivity index (χ3n) is 4.39. The number of hydrogen-bond donors (Lipinski definition) is 2. The Morgan fingerprint density at radius 2 is 2.00 bits per heavy atom. The van der Waals surface area contributed by atoms with Crippen molar-refractivity contribution in [2.45, 2.75) is 65.4 Å². The monoisotopic (exact) mass is 255 g/mol. The quantitative estimate of drug-likeness (QED) is 0.766. The van der Waals surface area contributed by atoms with E-state index in [1.54, 1.807) is 0 Å². The van der Waals surface area contributed by atoms with E-state index in [9.17, 15) is 9.90 Å². The van der Waals surface area contributed by atoms with Gasteiger partial charge in [0.05, 0.1) is 6.10 Å². The lowest BCUT2D eigenvalue weighted by Gasteiger charge is -2.27. The van der Waals surface area contributed by atoms with Crippen LogP contribution >= 0.6 is 0 Å². The summed E-state index contributed by atoms with van der Waals surface area (Å²) in [5, 5.41) is 12.9. The molecule has 1 rings (SSSR count).